The first kappa shape index (κ1) is 19.9. The number of nitro groups is 1. The fraction of sp³-hybridized carbons (Fsp3) is 0.150. The normalized spacial score (nSPS) is 10.6. The van der Waals surface area contributed by atoms with Crippen molar-refractivity contribution in [2.24, 2.45) is 0 Å². The molecule has 3 aromatic rings. The molecule has 0 saturated heterocycles. The SMILES string of the molecule is Cc1ccc2nc(C)cc(C(=O)OCC(=O)Nc3ccc(F)cc3[N+](=O)[O-])c2c1. The molecule has 0 aliphatic rings. The Morgan fingerprint density at radius 1 is 1.17 bits per heavy atom. The van der Waals surface area contributed by atoms with Gasteiger partial charge in [-0.2, -0.15) is 0 Å². The van der Waals surface area contributed by atoms with Gasteiger partial charge in [0.2, 0.25) is 0 Å². The first-order valence-electron chi connectivity index (χ1n) is 8.53. The molecule has 8 nitrogen and oxygen atoms in total. The fourth-order valence-electron chi connectivity index (χ4n) is 2.80. The molecule has 9 heteroatoms. The summed E-state index contributed by atoms with van der Waals surface area (Å²) in [5, 5.41) is 13.8. The van der Waals surface area contributed by atoms with Crippen LogP contribution in [0.1, 0.15) is 21.6 Å². The van der Waals surface area contributed by atoms with Crippen molar-refractivity contribution in [2.75, 3.05) is 11.9 Å². The molecule has 1 aromatic heterocycles. The average Bonchev–Trinajstić information content (AvgIpc) is 2.67. The van der Waals surface area contributed by atoms with Crippen LogP contribution >= 0.6 is 0 Å². The zero-order valence-electron chi connectivity index (χ0n) is 15.6. The number of carbonyl (C=O) groups excluding carboxylic acids is 2. The molecular formula is C20H16FN3O5. The number of ether oxygens (including phenoxy) is 1. The third-order valence-electron chi connectivity index (χ3n) is 4.08. The number of esters is 1. The van der Waals surface area contributed by atoms with Crippen LogP contribution in [0.5, 0.6) is 0 Å². The molecule has 0 unspecified atom stereocenters. The Balaban J connectivity index is 1.75. The van der Waals surface area contributed by atoms with E-state index in [-0.39, 0.29) is 11.3 Å². The van der Waals surface area contributed by atoms with Crippen LogP contribution in [-0.4, -0.2) is 28.4 Å². The lowest BCUT2D eigenvalue weighted by Crippen LogP contribution is -2.21. The number of halogens is 1. The summed E-state index contributed by atoms with van der Waals surface area (Å²) < 4.78 is 18.3. The third kappa shape index (κ3) is 4.52. The maximum Gasteiger partial charge on any atom is 0.339 e. The maximum absolute atomic E-state index is 13.2. The van der Waals surface area contributed by atoms with Gasteiger partial charge in [0.05, 0.1) is 22.1 Å². The van der Waals surface area contributed by atoms with Gasteiger partial charge in [0.15, 0.2) is 6.61 Å². The molecule has 0 bridgehead atoms. The average molecular weight is 397 g/mol. The molecule has 0 spiro atoms. The summed E-state index contributed by atoms with van der Waals surface area (Å²) in [5.74, 6) is -2.33. The minimum absolute atomic E-state index is 0.196. The topological polar surface area (TPSA) is 111 Å². The summed E-state index contributed by atoms with van der Waals surface area (Å²) in [6, 6.07) is 9.74. The Labute approximate surface area is 164 Å². The van der Waals surface area contributed by atoms with E-state index in [0.717, 1.165) is 17.7 Å². The highest BCUT2D eigenvalue weighted by Gasteiger charge is 2.19. The Bertz CT molecular complexity index is 1150. The molecule has 1 N–H and O–H groups in total. The van der Waals surface area contributed by atoms with Gasteiger partial charge in [0.1, 0.15) is 11.5 Å². The lowest BCUT2D eigenvalue weighted by molar-refractivity contribution is -0.384. The fourth-order valence-corrected chi connectivity index (χ4v) is 2.80. The van der Waals surface area contributed by atoms with Gasteiger partial charge in [-0.3, -0.25) is 19.9 Å². The standard InChI is InChI=1S/C20H16FN3O5/c1-11-3-5-16-14(7-11)15(8-12(2)22-16)20(26)29-10-19(25)23-17-6-4-13(21)9-18(17)24(27)28/h3-9H,10H2,1-2H3,(H,23,25). The number of nitrogens with zero attached hydrogens (tertiary/aromatic N) is 2. The number of aryl methyl sites for hydroxylation is 2. The van der Waals surface area contributed by atoms with E-state index in [4.69, 9.17) is 4.74 Å². The number of hydrogen-bond acceptors (Lipinski definition) is 6. The zero-order valence-corrected chi connectivity index (χ0v) is 15.6. The molecule has 148 valence electrons. The van der Waals surface area contributed by atoms with Crippen molar-refractivity contribution in [1.82, 2.24) is 4.98 Å². The van der Waals surface area contributed by atoms with Gasteiger partial charge in [0, 0.05) is 11.1 Å². The Hall–Kier alpha value is -3.88. The molecule has 0 saturated carbocycles. The minimum atomic E-state index is -0.821. The third-order valence-corrected chi connectivity index (χ3v) is 4.08. The first-order valence-corrected chi connectivity index (χ1v) is 8.53. The number of hydrogen-bond donors (Lipinski definition) is 1. The number of amides is 1. The van der Waals surface area contributed by atoms with E-state index in [2.05, 4.69) is 10.3 Å². The molecule has 1 heterocycles. The van der Waals surface area contributed by atoms with Crippen molar-refractivity contribution in [2.45, 2.75) is 13.8 Å². The molecule has 0 atom stereocenters. The van der Waals surface area contributed by atoms with Crippen molar-refractivity contribution < 1.29 is 23.6 Å². The lowest BCUT2D eigenvalue weighted by Gasteiger charge is -2.10. The van der Waals surface area contributed by atoms with E-state index in [1.165, 1.54) is 0 Å². The largest absolute Gasteiger partial charge is 0.452 e. The quantitative estimate of drug-likeness (QED) is 0.399. The molecule has 0 aliphatic carbocycles. The van der Waals surface area contributed by atoms with Crippen molar-refractivity contribution in [3.05, 3.63) is 75.2 Å². The second-order valence-electron chi connectivity index (χ2n) is 6.37. The Kier molecular flexibility index (Phi) is 5.49. The van der Waals surface area contributed by atoms with Crippen molar-refractivity contribution >= 4 is 34.2 Å². The maximum atomic E-state index is 13.2. The van der Waals surface area contributed by atoms with Crippen LogP contribution in [0.15, 0.2) is 42.5 Å². The van der Waals surface area contributed by atoms with Crippen LogP contribution in [0.25, 0.3) is 10.9 Å². The van der Waals surface area contributed by atoms with Gasteiger partial charge in [-0.15, -0.1) is 0 Å². The first-order chi connectivity index (χ1) is 13.7. The van der Waals surface area contributed by atoms with Crippen LogP contribution in [0.4, 0.5) is 15.8 Å². The number of nitro benzene ring substituents is 1. The number of nitrogens with one attached hydrogen (secondary N) is 1. The van der Waals surface area contributed by atoms with E-state index < -0.39 is 34.9 Å². The molecule has 0 radical (unpaired) electrons. The van der Waals surface area contributed by atoms with Crippen LogP contribution in [0, 0.1) is 29.8 Å². The minimum Gasteiger partial charge on any atom is -0.452 e. The van der Waals surface area contributed by atoms with Crippen LogP contribution in [0.2, 0.25) is 0 Å². The predicted octanol–water partition coefficient (Wildman–Crippen LogP) is 3.69. The number of anilines is 1. The molecule has 0 fully saturated rings. The van der Waals surface area contributed by atoms with Gasteiger partial charge >= 0.3 is 5.97 Å². The summed E-state index contributed by atoms with van der Waals surface area (Å²) in [6.07, 6.45) is 0. The number of rotatable bonds is 5. The number of pyridine rings is 1. The van der Waals surface area contributed by atoms with E-state index in [0.29, 0.717) is 22.7 Å². The highest BCUT2D eigenvalue weighted by molar-refractivity contribution is 6.04. The van der Waals surface area contributed by atoms with Gasteiger partial charge in [-0.1, -0.05) is 11.6 Å². The van der Waals surface area contributed by atoms with Gasteiger partial charge in [-0.05, 0) is 44.2 Å². The second-order valence-corrected chi connectivity index (χ2v) is 6.37. The van der Waals surface area contributed by atoms with Crippen LogP contribution in [-0.2, 0) is 9.53 Å². The molecule has 29 heavy (non-hydrogen) atoms. The lowest BCUT2D eigenvalue weighted by atomic mass is 10.1. The highest BCUT2D eigenvalue weighted by atomic mass is 19.1. The van der Waals surface area contributed by atoms with E-state index >= 15 is 0 Å². The smallest absolute Gasteiger partial charge is 0.339 e. The predicted molar refractivity (Wildman–Crippen MR) is 103 cm³/mol. The van der Waals surface area contributed by atoms with E-state index in [9.17, 15) is 24.1 Å². The summed E-state index contributed by atoms with van der Waals surface area (Å²) >= 11 is 0. The van der Waals surface area contributed by atoms with Crippen molar-refractivity contribution in [3.8, 4) is 0 Å². The molecule has 2 aromatic carbocycles. The van der Waals surface area contributed by atoms with Crippen LogP contribution in [0.3, 0.4) is 0 Å². The van der Waals surface area contributed by atoms with E-state index in [1.54, 1.807) is 25.1 Å². The van der Waals surface area contributed by atoms with Gasteiger partial charge in [0.25, 0.3) is 11.6 Å². The summed E-state index contributed by atoms with van der Waals surface area (Å²) in [4.78, 5) is 39.1. The second kappa shape index (κ2) is 8.01. The van der Waals surface area contributed by atoms with Gasteiger partial charge < -0.3 is 10.1 Å². The number of fused-ring (bicyclic) bond motifs is 1. The summed E-state index contributed by atoms with van der Waals surface area (Å²) in [7, 11) is 0. The van der Waals surface area contributed by atoms with Crippen molar-refractivity contribution in [1.29, 1.82) is 0 Å². The highest BCUT2D eigenvalue weighted by Crippen LogP contribution is 2.25. The Morgan fingerprint density at radius 3 is 2.66 bits per heavy atom. The number of aromatic nitrogens is 1. The Morgan fingerprint density at radius 2 is 1.93 bits per heavy atom. The molecule has 3 rings (SSSR count). The van der Waals surface area contributed by atoms with Crippen molar-refractivity contribution in [3.63, 3.8) is 0 Å². The van der Waals surface area contributed by atoms with E-state index in [1.807, 2.05) is 13.0 Å². The summed E-state index contributed by atoms with van der Waals surface area (Å²) in [5.41, 5.74) is 1.62. The van der Waals surface area contributed by atoms with Crippen LogP contribution < -0.4 is 5.32 Å². The molecule has 0 aliphatic heterocycles. The number of benzene rings is 2. The number of carbonyl (C=O) groups is 2. The molecule has 1 amide bonds. The van der Waals surface area contributed by atoms with Gasteiger partial charge in [-0.25, -0.2) is 9.18 Å². The summed E-state index contributed by atoms with van der Waals surface area (Å²) in [6.45, 7) is 2.94. The molecular weight excluding hydrogens is 381 g/mol. The zero-order chi connectivity index (χ0) is 21.1. The monoisotopic (exact) mass is 397 g/mol.